The fourth-order valence-corrected chi connectivity index (χ4v) is 6.20. The lowest BCUT2D eigenvalue weighted by atomic mass is 9.97. The molecule has 2 aromatic heterocycles. The van der Waals surface area contributed by atoms with Gasteiger partial charge in [-0.15, -0.1) is 0 Å². The van der Waals surface area contributed by atoms with Crippen LogP contribution in [0.1, 0.15) is 26.1 Å². The zero-order valence-electron chi connectivity index (χ0n) is 30.5. The molecule has 262 valence electrons. The first-order valence-electron chi connectivity index (χ1n) is 18.3. The van der Waals surface area contributed by atoms with Crippen molar-refractivity contribution < 1.29 is 0 Å². The molecule has 0 radical (unpaired) electrons. The first-order valence-corrected chi connectivity index (χ1v) is 18.3. The Morgan fingerprint density at radius 1 is 0.556 bits per heavy atom. The molecule has 0 aliphatic rings. The molecular weight excluding hydrogens is 659 g/mol. The van der Waals surface area contributed by atoms with Crippen molar-refractivity contribution in [2.45, 2.75) is 20.3 Å². The molecule has 0 saturated carbocycles. The third-order valence-electron chi connectivity index (χ3n) is 8.94. The highest BCUT2D eigenvalue weighted by atomic mass is 15.0. The van der Waals surface area contributed by atoms with Crippen LogP contribution in [-0.4, -0.2) is 24.9 Å². The molecule has 0 amide bonds. The Balaban J connectivity index is 1.31. The van der Waals surface area contributed by atoms with Crippen LogP contribution in [0.15, 0.2) is 189 Å². The van der Waals surface area contributed by atoms with Gasteiger partial charge in [-0.25, -0.2) is 24.9 Å². The molecule has 5 heteroatoms. The molecule has 5 nitrogen and oxygen atoms in total. The molecular formula is C49H41N5. The molecule has 0 bridgehead atoms. The number of aromatic nitrogens is 5. The van der Waals surface area contributed by atoms with Crippen molar-refractivity contribution >= 4 is 5.57 Å². The highest BCUT2D eigenvalue weighted by Crippen LogP contribution is 2.34. The van der Waals surface area contributed by atoms with Gasteiger partial charge in [-0.1, -0.05) is 196 Å². The summed E-state index contributed by atoms with van der Waals surface area (Å²) in [5, 5.41) is 0. The van der Waals surface area contributed by atoms with Gasteiger partial charge in [-0.3, -0.25) is 0 Å². The maximum atomic E-state index is 5.16. The normalized spacial score (nSPS) is 12.3. The van der Waals surface area contributed by atoms with Gasteiger partial charge in [0.25, 0.3) is 0 Å². The Hall–Kier alpha value is -6.85. The van der Waals surface area contributed by atoms with Crippen molar-refractivity contribution in [1.82, 2.24) is 24.9 Å². The van der Waals surface area contributed by atoms with Crippen molar-refractivity contribution in [3.8, 4) is 67.8 Å². The predicted octanol–water partition coefficient (Wildman–Crippen LogP) is 12.4. The second-order valence-electron chi connectivity index (χ2n) is 12.9. The molecule has 0 aliphatic carbocycles. The van der Waals surface area contributed by atoms with Gasteiger partial charge < -0.3 is 0 Å². The summed E-state index contributed by atoms with van der Waals surface area (Å²) in [5.74, 6) is 2.73. The minimum Gasteiger partial charge on any atom is -0.228 e. The van der Waals surface area contributed by atoms with E-state index in [1.54, 1.807) is 6.08 Å². The Morgan fingerprint density at radius 2 is 1.04 bits per heavy atom. The first-order chi connectivity index (χ1) is 26.6. The maximum absolute atomic E-state index is 5.16. The first kappa shape index (κ1) is 35.5. The van der Waals surface area contributed by atoms with E-state index in [0.29, 0.717) is 23.3 Å². The van der Waals surface area contributed by atoms with Crippen molar-refractivity contribution in [3.63, 3.8) is 0 Å². The van der Waals surface area contributed by atoms with Crippen molar-refractivity contribution in [2.75, 3.05) is 0 Å². The Bertz CT molecular complexity index is 2370. The van der Waals surface area contributed by atoms with Crippen LogP contribution in [0, 0.1) is 5.92 Å². The largest absolute Gasteiger partial charge is 0.228 e. The van der Waals surface area contributed by atoms with Crippen LogP contribution in [0.2, 0.25) is 0 Å². The summed E-state index contributed by atoms with van der Waals surface area (Å²) in [6, 6.07) is 49.3. The van der Waals surface area contributed by atoms with E-state index in [9.17, 15) is 0 Å². The van der Waals surface area contributed by atoms with Crippen molar-refractivity contribution in [1.29, 1.82) is 0 Å². The summed E-state index contributed by atoms with van der Waals surface area (Å²) in [4.78, 5) is 25.2. The molecule has 0 saturated heterocycles. The van der Waals surface area contributed by atoms with Gasteiger partial charge >= 0.3 is 0 Å². The zero-order valence-corrected chi connectivity index (χ0v) is 30.5. The van der Waals surface area contributed by atoms with E-state index in [2.05, 4.69) is 105 Å². The number of nitrogens with zero attached hydrogens (tertiary/aromatic N) is 5. The van der Waals surface area contributed by atoms with Crippen molar-refractivity contribution in [3.05, 3.63) is 194 Å². The van der Waals surface area contributed by atoms with Gasteiger partial charge in [0.2, 0.25) is 0 Å². The summed E-state index contributed by atoms with van der Waals surface area (Å²) in [6.07, 6.45) is 13.3. The molecule has 54 heavy (non-hydrogen) atoms. The van der Waals surface area contributed by atoms with Crippen LogP contribution >= 0.6 is 0 Å². The number of benzene rings is 5. The fourth-order valence-electron chi connectivity index (χ4n) is 6.20. The fraction of sp³-hybridized carbons (Fsp3) is 0.0816. The van der Waals surface area contributed by atoms with Gasteiger partial charge in [0.05, 0.1) is 11.4 Å². The summed E-state index contributed by atoms with van der Waals surface area (Å²) in [7, 11) is 0. The van der Waals surface area contributed by atoms with Gasteiger partial charge in [-0.2, -0.15) is 0 Å². The van der Waals surface area contributed by atoms with Gasteiger partial charge in [0.15, 0.2) is 23.3 Å². The highest BCUT2D eigenvalue weighted by Gasteiger charge is 2.17. The third-order valence-corrected chi connectivity index (χ3v) is 8.94. The van der Waals surface area contributed by atoms with E-state index < -0.39 is 0 Å². The van der Waals surface area contributed by atoms with E-state index >= 15 is 0 Å². The lowest BCUT2D eigenvalue weighted by Crippen LogP contribution is -2.01. The molecule has 0 N–H and O–H groups in total. The summed E-state index contributed by atoms with van der Waals surface area (Å²) >= 11 is 0. The molecule has 5 aromatic carbocycles. The minimum atomic E-state index is 0.170. The quantitative estimate of drug-likeness (QED) is 0.119. The minimum absolute atomic E-state index is 0.170. The number of hydrogen-bond acceptors (Lipinski definition) is 5. The van der Waals surface area contributed by atoms with E-state index in [4.69, 9.17) is 24.9 Å². The van der Waals surface area contributed by atoms with E-state index in [0.717, 1.165) is 62.3 Å². The lowest BCUT2D eigenvalue weighted by Gasteiger charge is -2.13. The van der Waals surface area contributed by atoms with Crippen LogP contribution in [0.5, 0.6) is 0 Å². The average Bonchev–Trinajstić information content (AvgIpc) is 3.25. The summed E-state index contributed by atoms with van der Waals surface area (Å²) in [5.41, 5.74) is 9.59. The second kappa shape index (κ2) is 17.1. The van der Waals surface area contributed by atoms with Gasteiger partial charge in [0, 0.05) is 33.4 Å². The third kappa shape index (κ3) is 8.43. The molecule has 0 aliphatic heterocycles. The Morgan fingerprint density at radius 3 is 1.59 bits per heavy atom. The van der Waals surface area contributed by atoms with E-state index in [1.807, 2.05) is 91.0 Å². The zero-order chi connectivity index (χ0) is 37.1. The standard InChI is InChI=1S/C49H41N5/c1-4-6-19-35(3)33-41(20-7-5-2)48-50-44(37-21-11-8-12-22-37)34-45(51-48)38-31-29-36(30-32-38)42-27-17-18-28-43(42)49-53-46(39-23-13-9-14-24-39)52-47(54-49)40-25-15-10-16-26-40/h4,6-35H,1,5H2,2-3H3/b19-6-,20-7-,41-33+. The average molecular weight is 700 g/mol. The predicted molar refractivity (Wildman–Crippen MR) is 224 cm³/mol. The van der Waals surface area contributed by atoms with Gasteiger partial charge in [-0.05, 0) is 29.5 Å². The van der Waals surface area contributed by atoms with Crippen LogP contribution in [0.4, 0.5) is 0 Å². The SMILES string of the molecule is C=C/C=C\C(C)/C=C(\C=C/CC)c1nc(-c2ccccc2)cc(-c2ccc(-c3ccccc3-c3nc(-c4ccccc4)nc(-c4ccccc4)n3)cc2)n1. The molecule has 2 heterocycles. The van der Waals surface area contributed by atoms with Crippen LogP contribution in [0.3, 0.4) is 0 Å². The molecule has 1 unspecified atom stereocenters. The van der Waals surface area contributed by atoms with E-state index in [-0.39, 0.29) is 5.92 Å². The topological polar surface area (TPSA) is 64.5 Å². The molecule has 7 aromatic rings. The number of rotatable bonds is 12. The molecule has 0 spiro atoms. The number of hydrogen-bond donors (Lipinski definition) is 0. The smallest absolute Gasteiger partial charge is 0.164 e. The lowest BCUT2D eigenvalue weighted by molar-refractivity contribution is 0.939. The van der Waals surface area contributed by atoms with Crippen LogP contribution in [-0.2, 0) is 0 Å². The summed E-state index contributed by atoms with van der Waals surface area (Å²) in [6.45, 7) is 8.11. The maximum Gasteiger partial charge on any atom is 0.164 e. The molecule has 1 atom stereocenters. The van der Waals surface area contributed by atoms with Crippen LogP contribution in [0.25, 0.3) is 73.4 Å². The highest BCUT2D eigenvalue weighted by molar-refractivity contribution is 5.83. The van der Waals surface area contributed by atoms with Gasteiger partial charge in [0.1, 0.15) is 0 Å². The van der Waals surface area contributed by atoms with E-state index in [1.165, 1.54) is 0 Å². The van der Waals surface area contributed by atoms with Crippen molar-refractivity contribution in [2.24, 2.45) is 5.92 Å². The molecule has 7 rings (SSSR count). The molecule has 0 fully saturated rings. The Labute approximate surface area is 317 Å². The van der Waals surface area contributed by atoms with Crippen LogP contribution < -0.4 is 0 Å². The summed E-state index contributed by atoms with van der Waals surface area (Å²) < 4.78 is 0. The Kier molecular flexibility index (Phi) is 11.3. The monoisotopic (exact) mass is 699 g/mol. The number of allylic oxidation sites excluding steroid dienone is 7. The second-order valence-corrected chi connectivity index (χ2v) is 12.9.